The molecule has 3 unspecified atom stereocenters. The standard InChI is InChI=1S/C20H25N3O4/c1-13-10-21(11-14(2)27-13)18(24)16-7-5-15(6-8-16)12-23-19(25)17-4-3-9-22(17)20(23)26/h5-8,13-14,17H,3-4,9-12H2,1-2H3. The molecule has 3 aliphatic heterocycles. The second-order valence-electron chi connectivity index (χ2n) is 7.72. The second kappa shape index (κ2) is 6.96. The molecule has 4 rings (SSSR count). The van der Waals surface area contributed by atoms with Gasteiger partial charge in [-0.15, -0.1) is 0 Å². The third kappa shape index (κ3) is 3.32. The molecule has 0 saturated carbocycles. The van der Waals surface area contributed by atoms with E-state index in [0.717, 1.165) is 18.4 Å². The Kier molecular flexibility index (Phi) is 4.63. The predicted octanol–water partition coefficient (Wildman–Crippen LogP) is 1.86. The molecule has 3 atom stereocenters. The Morgan fingerprint density at radius 2 is 1.78 bits per heavy atom. The molecule has 0 spiro atoms. The highest BCUT2D eigenvalue weighted by molar-refractivity contribution is 6.04. The highest BCUT2D eigenvalue weighted by Crippen LogP contribution is 2.28. The molecule has 1 aromatic carbocycles. The van der Waals surface area contributed by atoms with Crippen molar-refractivity contribution in [2.75, 3.05) is 19.6 Å². The van der Waals surface area contributed by atoms with E-state index in [-0.39, 0.29) is 42.6 Å². The highest BCUT2D eigenvalue weighted by Gasteiger charge is 2.47. The fraction of sp³-hybridized carbons (Fsp3) is 0.550. The first-order valence-corrected chi connectivity index (χ1v) is 9.59. The average molecular weight is 371 g/mol. The van der Waals surface area contributed by atoms with Crippen LogP contribution in [0.3, 0.4) is 0 Å². The Morgan fingerprint density at radius 3 is 2.41 bits per heavy atom. The van der Waals surface area contributed by atoms with Crippen LogP contribution in [0.1, 0.15) is 42.6 Å². The van der Waals surface area contributed by atoms with Crippen molar-refractivity contribution in [1.82, 2.24) is 14.7 Å². The first kappa shape index (κ1) is 18.0. The van der Waals surface area contributed by atoms with Crippen molar-refractivity contribution in [3.63, 3.8) is 0 Å². The molecule has 4 amide bonds. The molecule has 3 fully saturated rings. The van der Waals surface area contributed by atoms with Crippen molar-refractivity contribution < 1.29 is 19.1 Å². The van der Waals surface area contributed by atoms with Crippen molar-refractivity contribution in [2.24, 2.45) is 0 Å². The summed E-state index contributed by atoms with van der Waals surface area (Å²) in [6, 6.07) is 6.72. The van der Waals surface area contributed by atoms with Gasteiger partial charge < -0.3 is 14.5 Å². The van der Waals surface area contributed by atoms with Crippen LogP contribution >= 0.6 is 0 Å². The lowest BCUT2D eigenvalue weighted by atomic mass is 10.1. The van der Waals surface area contributed by atoms with E-state index in [0.29, 0.717) is 25.2 Å². The summed E-state index contributed by atoms with van der Waals surface area (Å²) in [5.41, 5.74) is 1.46. The molecule has 0 bridgehead atoms. The van der Waals surface area contributed by atoms with Crippen molar-refractivity contribution in [2.45, 2.75) is 51.5 Å². The van der Waals surface area contributed by atoms with Gasteiger partial charge in [-0.25, -0.2) is 4.79 Å². The lowest BCUT2D eigenvalue weighted by Gasteiger charge is -2.35. The summed E-state index contributed by atoms with van der Waals surface area (Å²) in [7, 11) is 0. The van der Waals surface area contributed by atoms with Crippen LogP contribution in [-0.2, 0) is 16.1 Å². The summed E-state index contributed by atoms with van der Waals surface area (Å²) in [6.45, 7) is 6.02. The Labute approximate surface area is 158 Å². The maximum Gasteiger partial charge on any atom is 0.327 e. The van der Waals surface area contributed by atoms with Crippen LogP contribution in [0.4, 0.5) is 4.79 Å². The molecule has 1 aromatic rings. The Hall–Kier alpha value is -2.41. The maximum absolute atomic E-state index is 12.7. The SMILES string of the molecule is CC1CN(C(=O)c2ccc(CN3C(=O)C4CCCN4C3=O)cc2)CC(C)O1. The van der Waals surface area contributed by atoms with E-state index < -0.39 is 0 Å². The summed E-state index contributed by atoms with van der Waals surface area (Å²) in [6.07, 6.45) is 1.70. The summed E-state index contributed by atoms with van der Waals surface area (Å²) in [5.74, 6) is -0.119. The molecule has 3 heterocycles. The molecule has 0 aromatic heterocycles. The zero-order valence-corrected chi connectivity index (χ0v) is 15.8. The summed E-state index contributed by atoms with van der Waals surface area (Å²) in [4.78, 5) is 42.4. The normalized spacial score (nSPS) is 28.1. The van der Waals surface area contributed by atoms with E-state index in [1.807, 2.05) is 30.9 Å². The number of morpholine rings is 1. The number of carbonyl (C=O) groups is 3. The maximum atomic E-state index is 12.7. The predicted molar refractivity (Wildman–Crippen MR) is 98.0 cm³/mol. The number of hydrogen-bond donors (Lipinski definition) is 0. The van der Waals surface area contributed by atoms with Crippen LogP contribution in [0.2, 0.25) is 0 Å². The molecule has 0 radical (unpaired) electrons. The largest absolute Gasteiger partial charge is 0.372 e. The minimum atomic E-state index is -0.274. The lowest BCUT2D eigenvalue weighted by Crippen LogP contribution is -2.48. The van der Waals surface area contributed by atoms with Gasteiger partial charge in [-0.2, -0.15) is 0 Å². The smallest absolute Gasteiger partial charge is 0.327 e. The molecule has 7 heteroatoms. The minimum absolute atomic E-state index is 0.0162. The summed E-state index contributed by atoms with van der Waals surface area (Å²) in [5, 5.41) is 0. The van der Waals surface area contributed by atoms with E-state index in [1.54, 1.807) is 17.0 Å². The van der Waals surface area contributed by atoms with Gasteiger partial charge in [-0.3, -0.25) is 14.5 Å². The topological polar surface area (TPSA) is 70.2 Å². The molecule has 3 saturated heterocycles. The van der Waals surface area contributed by atoms with Crippen LogP contribution in [0.25, 0.3) is 0 Å². The first-order chi connectivity index (χ1) is 12.9. The number of amides is 4. The lowest BCUT2D eigenvalue weighted by molar-refractivity contribution is -0.128. The van der Waals surface area contributed by atoms with Crippen molar-refractivity contribution >= 4 is 17.8 Å². The third-order valence-corrected chi connectivity index (χ3v) is 5.53. The number of ether oxygens (including phenoxy) is 1. The summed E-state index contributed by atoms with van der Waals surface area (Å²) < 4.78 is 5.68. The van der Waals surface area contributed by atoms with Gasteiger partial charge in [0, 0.05) is 25.2 Å². The van der Waals surface area contributed by atoms with Crippen LogP contribution in [-0.4, -0.2) is 70.4 Å². The Balaban J connectivity index is 1.43. The van der Waals surface area contributed by atoms with Gasteiger partial charge in [0.2, 0.25) is 0 Å². The molecule has 3 aliphatic rings. The molecule has 27 heavy (non-hydrogen) atoms. The van der Waals surface area contributed by atoms with Gasteiger partial charge in [0.1, 0.15) is 6.04 Å². The fourth-order valence-corrected chi connectivity index (χ4v) is 4.29. The fourth-order valence-electron chi connectivity index (χ4n) is 4.29. The van der Waals surface area contributed by atoms with Crippen LogP contribution in [0.5, 0.6) is 0 Å². The number of nitrogens with zero attached hydrogens (tertiary/aromatic N) is 3. The van der Waals surface area contributed by atoms with Gasteiger partial charge in [0.15, 0.2) is 0 Å². The van der Waals surface area contributed by atoms with Crippen LogP contribution < -0.4 is 0 Å². The van der Waals surface area contributed by atoms with E-state index in [9.17, 15) is 14.4 Å². The van der Waals surface area contributed by atoms with Crippen LogP contribution in [0.15, 0.2) is 24.3 Å². The van der Waals surface area contributed by atoms with Crippen molar-refractivity contribution in [1.29, 1.82) is 0 Å². The number of fused-ring (bicyclic) bond motifs is 1. The molecule has 0 aliphatic carbocycles. The molecule has 0 N–H and O–H groups in total. The zero-order valence-electron chi connectivity index (χ0n) is 15.8. The van der Waals surface area contributed by atoms with Gasteiger partial charge >= 0.3 is 6.03 Å². The highest BCUT2D eigenvalue weighted by atomic mass is 16.5. The van der Waals surface area contributed by atoms with Crippen molar-refractivity contribution in [3.8, 4) is 0 Å². The number of carbonyl (C=O) groups excluding carboxylic acids is 3. The third-order valence-electron chi connectivity index (χ3n) is 5.53. The van der Waals surface area contributed by atoms with Gasteiger partial charge in [0.25, 0.3) is 11.8 Å². The van der Waals surface area contributed by atoms with Crippen LogP contribution in [0, 0.1) is 0 Å². The monoisotopic (exact) mass is 371 g/mol. The Bertz CT molecular complexity index is 731. The quantitative estimate of drug-likeness (QED) is 0.761. The van der Waals surface area contributed by atoms with E-state index in [4.69, 9.17) is 4.74 Å². The zero-order chi connectivity index (χ0) is 19.1. The van der Waals surface area contributed by atoms with E-state index in [2.05, 4.69) is 0 Å². The van der Waals surface area contributed by atoms with Gasteiger partial charge in [-0.1, -0.05) is 12.1 Å². The number of hydrogen-bond acceptors (Lipinski definition) is 4. The minimum Gasteiger partial charge on any atom is -0.372 e. The number of urea groups is 1. The number of benzene rings is 1. The summed E-state index contributed by atoms with van der Waals surface area (Å²) >= 11 is 0. The van der Waals surface area contributed by atoms with Gasteiger partial charge in [-0.05, 0) is 44.4 Å². The molecule has 7 nitrogen and oxygen atoms in total. The first-order valence-electron chi connectivity index (χ1n) is 9.59. The number of rotatable bonds is 3. The number of imide groups is 1. The Morgan fingerprint density at radius 1 is 1.11 bits per heavy atom. The van der Waals surface area contributed by atoms with Gasteiger partial charge in [0.05, 0.1) is 18.8 Å². The average Bonchev–Trinajstić information content (AvgIpc) is 3.21. The van der Waals surface area contributed by atoms with E-state index >= 15 is 0 Å². The van der Waals surface area contributed by atoms with Crippen molar-refractivity contribution in [3.05, 3.63) is 35.4 Å². The molecular weight excluding hydrogens is 346 g/mol. The molecular formula is C20H25N3O4. The molecule has 144 valence electrons. The second-order valence-corrected chi connectivity index (χ2v) is 7.72. The van der Waals surface area contributed by atoms with E-state index in [1.165, 1.54) is 4.90 Å².